The number of sulfone groups is 1. The van der Waals surface area contributed by atoms with Crippen LogP contribution in [0.15, 0.2) is 29.6 Å². The molecule has 0 aromatic heterocycles. The summed E-state index contributed by atoms with van der Waals surface area (Å²) in [5.41, 5.74) is 0. The Morgan fingerprint density at radius 1 is 1.14 bits per heavy atom. The maximum absolute atomic E-state index is 12.7. The van der Waals surface area contributed by atoms with Crippen LogP contribution in [0.1, 0.15) is 0 Å². The van der Waals surface area contributed by atoms with Crippen molar-refractivity contribution < 1.29 is 22.4 Å². The molecule has 4 aliphatic rings. The second kappa shape index (κ2) is 5.24. The Labute approximate surface area is 137 Å². The van der Waals surface area contributed by atoms with Gasteiger partial charge in [-0.15, -0.1) is 11.8 Å². The lowest BCUT2D eigenvalue weighted by Gasteiger charge is -2.31. The highest BCUT2D eigenvalue weighted by molar-refractivity contribution is 8.31. The van der Waals surface area contributed by atoms with Crippen LogP contribution in [0.3, 0.4) is 0 Å². The van der Waals surface area contributed by atoms with Crippen LogP contribution in [0.5, 0.6) is 0 Å². The molecule has 4 rings (SSSR count). The van der Waals surface area contributed by atoms with E-state index >= 15 is 0 Å². The van der Waals surface area contributed by atoms with Gasteiger partial charge >= 0.3 is 10.2 Å². The fourth-order valence-corrected chi connectivity index (χ4v) is 10.1. The fraction of sp³-hybridized carbons (Fsp3) is 0.400. The van der Waals surface area contributed by atoms with Gasteiger partial charge in [-0.3, -0.25) is 0 Å². The van der Waals surface area contributed by atoms with Gasteiger partial charge in [0.2, 0.25) is 0 Å². The zero-order valence-electron chi connectivity index (χ0n) is 10.4. The van der Waals surface area contributed by atoms with Crippen molar-refractivity contribution in [1.82, 2.24) is 5.32 Å². The molecule has 6 nitrogen and oxygen atoms in total. The van der Waals surface area contributed by atoms with Crippen molar-refractivity contribution in [3.8, 4) is 0 Å². The third-order valence-electron chi connectivity index (χ3n) is 2.89. The smallest absolute Gasteiger partial charge is 0.364 e. The molecule has 0 spiro atoms. The van der Waals surface area contributed by atoms with Crippen LogP contribution < -0.4 is 5.32 Å². The van der Waals surface area contributed by atoms with Gasteiger partial charge in [-0.2, -0.15) is 0 Å². The molecule has 0 bridgehead atoms. The van der Waals surface area contributed by atoms with Crippen LogP contribution in [0.4, 0.5) is 0 Å². The molecule has 0 aromatic carbocycles. The third kappa shape index (κ3) is 2.20. The van der Waals surface area contributed by atoms with Gasteiger partial charge in [-0.1, -0.05) is 23.5 Å². The van der Waals surface area contributed by atoms with E-state index in [2.05, 4.69) is 5.32 Å². The first-order valence-corrected chi connectivity index (χ1v) is 11.6. The third-order valence-corrected chi connectivity index (χ3v) is 11.4. The first kappa shape index (κ1) is 14.5. The molecule has 0 aromatic rings. The molecule has 0 saturated carbocycles. The summed E-state index contributed by atoms with van der Waals surface area (Å²) in [5, 5.41) is 3.32. The molecule has 4 aliphatic heterocycles. The molecule has 0 amide bonds. The number of nitrogens with one attached hydrogen (secondary N) is 1. The minimum absolute atomic E-state index is 0.160. The van der Waals surface area contributed by atoms with E-state index < -0.39 is 21.0 Å². The molecule has 0 radical (unpaired) electrons. The molecule has 1 N–H and O–H groups in total. The van der Waals surface area contributed by atoms with E-state index in [4.69, 9.17) is 9.47 Å². The normalized spacial score (nSPS) is 30.6. The van der Waals surface area contributed by atoms with Gasteiger partial charge in [0.1, 0.15) is 0 Å². The monoisotopic (exact) mass is 383 g/mol. The number of rotatable bonds is 0. The largest absolute Gasteiger partial charge is 0.605 e. The minimum Gasteiger partial charge on any atom is -0.605 e. The van der Waals surface area contributed by atoms with Gasteiger partial charge in [0.25, 0.3) is 20.0 Å². The molecule has 1 atom stereocenters. The van der Waals surface area contributed by atoms with E-state index in [0.29, 0.717) is 27.5 Å². The number of thioether (sulfide) groups is 3. The molecule has 21 heavy (non-hydrogen) atoms. The Morgan fingerprint density at radius 3 is 2.81 bits per heavy atom. The zero-order chi connectivity index (χ0) is 14.6. The zero-order valence-corrected chi connectivity index (χ0v) is 14.5. The lowest BCUT2D eigenvalue weighted by Crippen LogP contribution is -2.35. The van der Waals surface area contributed by atoms with Crippen molar-refractivity contribution in [2.75, 3.05) is 23.8 Å². The Balaban J connectivity index is 1.80. The van der Waals surface area contributed by atoms with Crippen molar-refractivity contribution in [3.05, 3.63) is 29.6 Å². The Hall–Kier alpha value is -0.0700. The summed E-state index contributed by atoms with van der Waals surface area (Å²) >= 11 is 2.12. The Morgan fingerprint density at radius 2 is 1.95 bits per heavy atom. The van der Waals surface area contributed by atoms with Crippen LogP contribution in [-0.2, 0) is 30.5 Å². The van der Waals surface area contributed by atoms with E-state index in [1.54, 1.807) is 0 Å². The van der Waals surface area contributed by atoms with E-state index in [1.165, 1.54) is 35.3 Å². The molecule has 114 valence electrons. The van der Waals surface area contributed by atoms with E-state index in [-0.39, 0.29) is 14.4 Å². The number of hydrogen-bond acceptors (Lipinski definition) is 9. The van der Waals surface area contributed by atoms with E-state index in [1.807, 2.05) is 0 Å². The molecular weight excluding hydrogens is 374 g/mol. The summed E-state index contributed by atoms with van der Waals surface area (Å²) in [4.78, 5) is 0. The summed E-state index contributed by atoms with van der Waals surface area (Å²) in [5.74, 6) is 2.35. The highest BCUT2D eigenvalue weighted by Crippen LogP contribution is 2.51. The van der Waals surface area contributed by atoms with Crippen LogP contribution >= 0.6 is 35.3 Å². The van der Waals surface area contributed by atoms with Gasteiger partial charge in [0.15, 0.2) is 9.33 Å². The molecule has 0 saturated heterocycles. The predicted octanol–water partition coefficient (Wildman–Crippen LogP) is 1.41. The first-order valence-electron chi connectivity index (χ1n) is 5.96. The second-order valence-corrected chi connectivity index (χ2v) is 11.4. The van der Waals surface area contributed by atoms with Gasteiger partial charge in [0, 0.05) is 23.8 Å². The fourth-order valence-electron chi connectivity index (χ4n) is 2.04. The van der Waals surface area contributed by atoms with Crippen molar-refractivity contribution in [3.63, 3.8) is 0 Å². The summed E-state index contributed by atoms with van der Waals surface area (Å²) in [6, 6.07) is 0. The van der Waals surface area contributed by atoms with Crippen LogP contribution in [-0.4, -0.2) is 36.8 Å². The average Bonchev–Trinajstić information content (AvgIpc) is 2.47. The topological polar surface area (TPSA) is 87.7 Å². The van der Waals surface area contributed by atoms with E-state index in [0.717, 1.165) is 11.5 Å². The highest BCUT2D eigenvalue weighted by Gasteiger charge is 2.52. The summed E-state index contributed by atoms with van der Waals surface area (Å²) in [7, 11) is -3.81. The summed E-state index contributed by atoms with van der Waals surface area (Å²) < 4.78 is 49.5. The molecule has 0 aliphatic carbocycles. The van der Waals surface area contributed by atoms with Crippen LogP contribution in [0.25, 0.3) is 0 Å². The molecule has 4 heterocycles. The standard InChI is InChI=1S/C10H9NO5S5/c12-20-8-5(11-1-2-18-8)15-6-10(20)21(13,14)9-7(16-6)17-3-4-19-9/h11H,1-4H2. The summed E-state index contributed by atoms with van der Waals surface area (Å²) in [6.45, 7) is 0.675. The van der Waals surface area contributed by atoms with Gasteiger partial charge in [0.05, 0.1) is 11.2 Å². The van der Waals surface area contributed by atoms with Gasteiger partial charge in [-0.25, -0.2) is 8.42 Å². The predicted molar refractivity (Wildman–Crippen MR) is 85.7 cm³/mol. The summed E-state index contributed by atoms with van der Waals surface area (Å²) in [6.07, 6.45) is 0. The maximum atomic E-state index is 12.7. The molecule has 0 fully saturated rings. The number of hydrogen-bond donors (Lipinski definition) is 1. The quantitative estimate of drug-likeness (QED) is 0.624. The Kier molecular flexibility index (Phi) is 3.62. The minimum atomic E-state index is -3.81. The molecule has 11 heteroatoms. The van der Waals surface area contributed by atoms with E-state index in [9.17, 15) is 13.0 Å². The van der Waals surface area contributed by atoms with Gasteiger partial charge < -0.3 is 19.3 Å². The van der Waals surface area contributed by atoms with Gasteiger partial charge in [-0.05, 0) is 0 Å². The van der Waals surface area contributed by atoms with Crippen LogP contribution in [0.2, 0.25) is 0 Å². The highest BCUT2D eigenvalue weighted by atomic mass is 32.3. The lowest BCUT2D eigenvalue weighted by atomic mass is 10.7. The lowest BCUT2D eigenvalue weighted by molar-refractivity contribution is 0.111. The number of ether oxygens (including phenoxy) is 2. The van der Waals surface area contributed by atoms with Crippen molar-refractivity contribution in [2.45, 2.75) is 0 Å². The Bertz CT molecular complexity index is 705. The van der Waals surface area contributed by atoms with Crippen molar-refractivity contribution in [1.29, 1.82) is 0 Å². The average molecular weight is 384 g/mol. The van der Waals surface area contributed by atoms with Crippen molar-refractivity contribution >= 4 is 56.3 Å². The maximum Gasteiger partial charge on any atom is 0.364 e. The van der Waals surface area contributed by atoms with Crippen LogP contribution in [0, 0.1) is 0 Å². The molecular formula is C10H9NO5S5. The molecule has 1 unspecified atom stereocenters. The first-order chi connectivity index (χ1) is 10.1. The van der Waals surface area contributed by atoms with Crippen molar-refractivity contribution in [2.24, 2.45) is 0 Å². The second-order valence-electron chi connectivity index (χ2n) is 4.21. The SMILES string of the molecule is O=S1(=O)C2=C(OC3=C1[S+]([O-])C1=C(NCCS1)O3)SCCS2.